The van der Waals surface area contributed by atoms with E-state index in [-0.39, 0.29) is 17.6 Å². The van der Waals surface area contributed by atoms with Crippen LogP contribution in [0.4, 0.5) is 4.79 Å². The number of nitrogens with zero attached hydrogens (tertiary/aromatic N) is 2. The number of hydrogen-bond donors (Lipinski definition) is 0. The van der Waals surface area contributed by atoms with Gasteiger partial charge < -0.3 is 14.4 Å². The number of piperidine rings is 1. The van der Waals surface area contributed by atoms with Crippen molar-refractivity contribution in [3.8, 4) is 11.1 Å². The molecule has 3 aliphatic rings. The van der Waals surface area contributed by atoms with Crippen LogP contribution in [0.15, 0.2) is 78.9 Å². The fourth-order valence-corrected chi connectivity index (χ4v) is 5.95. The summed E-state index contributed by atoms with van der Waals surface area (Å²) < 4.78 is 12.2. The van der Waals surface area contributed by atoms with E-state index in [1.807, 2.05) is 4.90 Å². The highest BCUT2D eigenvalue weighted by atomic mass is 16.6. The van der Waals surface area contributed by atoms with E-state index in [0.717, 1.165) is 32.5 Å². The van der Waals surface area contributed by atoms with Crippen LogP contribution in [-0.4, -0.2) is 60.9 Å². The largest absolute Gasteiger partial charge is 0.448 e. The Balaban J connectivity index is 1.07. The van der Waals surface area contributed by atoms with E-state index in [1.165, 1.54) is 27.8 Å². The zero-order valence-electron chi connectivity index (χ0n) is 20.1. The Morgan fingerprint density at radius 2 is 1.49 bits per heavy atom. The Bertz CT molecular complexity index is 1140. The van der Waals surface area contributed by atoms with Crippen LogP contribution in [0.3, 0.4) is 0 Å². The minimum Gasteiger partial charge on any atom is -0.448 e. The molecule has 3 aromatic rings. The molecular weight excluding hydrogens is 436 g/mol. The zero-order chi connectivity index (χ0) is 23.7. The highest BCUT2D eigenvalue weighted by Crippen LogP contribution is 2.44. The van der Waals surface area contributed by atoms with Gasteiger partial charge in [-0.1, -0.05) is 78.9 Å². The molecule has 0 atom stereocenters. The third kappa shape index (κ3) is 4.46. The van der Waals surface area contributed by atoms with E-state index in [1.54, 1.807) is 0 Å². The van der Waals surface area contributed by atoms with Gasteiger partial charge in [0.05, 0.1) is 18.8 Å². The lowest BCUT2D eigenvalue weighted by molar-refractivity contribution is -0.131. The number of ether oxygens (including phenoxy) is 2. The molecule has 35 heavy (non-hydrogen) atoms. The first-order chi connectivity index (χ1) is 17.2. The van der Waals surface area contributed by atoms with Crippen LogP contribution in [-0.2, 0) is 16.0 Å². The Morgan fingerprint density at radius 1 is 0.857 bits per heavy atom. The lowest BCUT2D eigenvalue weighted by Gasteiger charge is -2.47. The number of amides is 1. The molecule has 2 fully saturated rings. The second-order valence-electron chi connectivity index (χ2n) is 10.0. The summed E-state index contributed by atoms with van der Waals surface area (Å²) in [7, 11) is 0. The molecule has 1 spiro atoms. The van der Waals surface area contributed by atoms with Gasteiger partial charge in [-0.05, 0) is 40.7 Å². The smallest absolute Gasteiger partial charge is 0.409 e. The van der Waals surface area contributed by atoms with Crippen LogP contribution in [0.5, 0.6) is 0 Å². The highest BCUT2D eigenvalue weighted by Gasteiger charge is 2.41. The van der Waals surface area contributed by atoms with E-state index in [2.05, 4.69) is 83.8 Å². The number of likely N-dealkylation sites (tertiary alicyclic amines) is 1. The molecule has 2 aliphatic heterocycles. The summed E-state index contributed by atoms with van der Waals surface area (Å²) in [5.41, 5.74) is 6.06. The SMILES string of the molecule is O=C(OCC1c2ccccc2-c2ccccc21)N1CCOC2(CCN(Cc3ccccc3)CC2)C1. The van der Waals surface area contributed by atoms with Gasteiger partial charge in [0.1, 0.15) is 6.61 Å². The predicted octanol–water partition coefficient (Wildman–Crippen LogP) is 5.30. The van der Waals surface area contributed by atoms with E-state index in [4.69, 9.17) is 9.47 Å². The second kappa shape index (κ2) is 9.48. The maximum absolute atomic E-state index is 13.1. The summed E-state index contributed by atoms with van der Waals surface area (Å²) in [6, 6.07) is 27.5. The molecule has 0 bridgehead atoms. The number of morpholine rings is 1. The van der Waals surface area contributed by atoms with Crippen molar-refractivity contribution in [3.05, 3.63) is 95.6 Å². The Morgan fingerprint density at radius 3 is 2.17 bits per heavy atom. The fraction of sp³-hybridized carbons (Fsp3) is 0.367. The van der Waals surface area contributed by atoms with Crippen LogP contribution in [0.1, 0.15) is 35.4 Å². The van der Waals surface area contributed by atoms with Gasteiger partial charge in [0, 0.05) is 32.1 Å². The number of benzene rings is 3. The van der Waals surface area contributed by atoms with E-state index >= 15 is 0 Å². The summed E-state index contributed by atoms with van der Waals surface area (Å²) in [4.78, 5) is 17.5. The molecule has 0 saturated carbocycles. The van der Waals surface area contributed by atoms with Crippen molar-refractivity contribution in [1.82, 2.24) is 9.80 Å². The molecule has 1 aliphatic carbocycles. The van der Waals surface area contributed by atoms with E-state index in [0.29, 0.717) is 26.3 Å². The minimum atomic E-state index is -0.253. The highest BCUT2D eigenvalue weighted by molar-refractivity contribution is 5.79. The molecule has 3 aromatic carbocycles. The topological polar surface area (TPSA) is 42.0 Å². The summed E-state index contributed by atoms with van der Waals surface area (Å²) in [6.45, 7) is 5.06. The lowest BCUT2D eigenvalue weighted by Crippen LogP contribution is -2.58. The quantitative estimate of drug-likeness (QED) is 0.521. The van der Waals surface area contributed by atoms with Crippen LogP contribution in [0, 0.1) is 0 Å². The van der Waals surface area contributed by atoms with Gasteiger partial charge in [0.25, 0.3) is 0 Å². The number of rotatable bonds is 4. The van der Waals surface area contributed by atoms with Crippen molar-refractivity contribution in [2.45, 2.75) is 30.9 Å². The van der Waals surface area contributed by atoms with Crippen molar-refractivity contribution in [1.29, 1.82) is 0 Å². The van der Waals surface area contributed by atoms with Gasteiger partial charge >= 0.3 is 6.09 Å². The molecule has 5 nitrogen and oxygen atoms in total. The molecule has 0 unspecified atom stereocenters. The maximum atomic E-state index is 13.1. The van der Waals surface area contributed by atoms with Crippen LogP contribution >= 0.6 is 0 Å². The fourth-order valence-electron chi connectivity index (χ4n) is 5.95. The first kappa shape index (κ1) is 22.3. The Hall–Kier alpha value is -3.15. The number of fused-ring (bicyclic) bond motifs is 3. The van der Waals surface area contributed by atoms with Crippen molar-refractivity contribution in [3.63, 3.8) is 0 Å². The summed E-state index contributed by atoms with van der Waals surface area (Å²) in [5.74, 6) is 0.0857. The molecule has 0 N–H and O–H groups in total. The monoisotopic (exact) mass is 468 g/mol. The van der Waals surface area contributed by atoms with Crippen LogP contribution in [0.25, 0.3) is 11.1 Å². The minimum absolute atomic E-state index is 0.0857. The summed E-state index contributed by atoms with van der Waals surface area (Å²) >= 11 is 0. The van der Waals surface area contributed by atoms with E-state index in [9.17, 15) is 4.79 Å². The normalized spacial score (nSPS) is 19.4. The molecule has 2 heterocycles. The molecule has 5 heteroatoms. The van der Waals surface area contributed by atoms with Crippen LogP contribution < -0.4 is 0 Å². The molecule has 2 saturated heterocycles. The van der Waals surface area contributed by atoms with Gasteiger partial charge in [0.2, 0.25) is 0 Å². The lowest BCUT2D eigenvalue weighted by atomic mass is 9.89. The average Bonchev–Trinajstić information content (AvgIpc) is 3.23. The summed E-state index contributed by atoms with van der Waals surface area (Å²) in [6.07, 6.45) is 1.65. The van der Waals surface area contributed by atoms with E-state index < -0.39 is 0 Å². The first-order valence-electron chi connectivity index (χ1n) is 12.7. The van der Waals surface area contributed by atoms with Gasteiger partial charge in [-0.3, -0.25) is 4.90 Å². The van der Waals surface area contributed by atoms with Crippen molar-refractivity contribution in [2.24, 2.45) is 0 Å². The Labute approximate surface area is 207 Å². The third-order valence-electron chi connectivity index (χ3n) is 7.86. The first-order valence-corrected chi connectivity index (χ1v) is 12.7. The predicted molar refractivity (Wildman–Crippen MR) is 136 cm³/mol. The standard InChI is InChI=1S/C30H32N2O3/c33-29(34-21-28-26-12-6-4-10-24(26)25-11-5-7-13-27(25)28)32-18-19-35-30(22-32)14-16-31(17-15-30)20-23-8-2-1-3-9-23/h1-13,28H,14-22H2. The molecule has 0 aromatic heterocycles. The molecule has 1 amide bonds. The van der Waals surface area contributed by atoms with Crippen molar-refractivity contribution < 1.29 is 14.3 Å². The second-order valence-corrected chi connectivity index (χ2v) is 10.0. The zero-order valence-corrected chi connectivity index (χ0v) is 20.1. The maximum Gasteiger partial charge on any atom is 0.409 e. The van der Waals surface area contributed by atoms with Crippen LogP contribution in [0.2, 0.25) is 0 Å². The number of carbonyl (C=O) groups is 1. The van der Waals surface area contributed by atoms with Crippen molar-refractivity contribution in [2.75, 3.05) is 39.4 Å². The Kier molecular flexibility index (Phi) is 6.05. The van der Waals surface area contributed by atoms with Crippen molar-refractivity contribution >= 4 is 6.09 Å². The van der Waals surface area contributed by atoms with Gasteiger partial charge in [-0.25, -0.2) is 4.79 Å². The molecule has 0 radical (unpaired) electrons. The third-order valence-corrected chi connectivity index (χ3v) is 7.86. The number of hydrogen-bond acceptors (Lipinski definition) is 4. The molecule has 180 valence electrons. The molecular formula is C30H32N2O3. The van der Waals surface area contributed by atoms with Gasteiger partial charge in [-0.15, -0.1) is 0 Å². The average molecular weight is 469 g/mol. The van der Waals surface area contributed by atoms with Gasteiger partial charge in [0.15, 0.2) is 0 Å². The number of carbonyl (C=O) groups excluding carboxylic acids is 1. The molecule has 6 rings (SSSR count). The summed E-state index contributed by atoms with van der Waals surface area (Å²) in [5, 5.41) is 0. The van der Waals surface area contributed by atoms with Gasteiger partial charge in [-0.2, -0.15) is 0 Å².